The van der Waals surface area contributed by atoms with Gasteiger partial charge in [0.2, 0.25) is 5.88 Å². The molecule has 35 heavy (non-hydrogen) atoms. The standard InChI is InChI=1S/C27H21N3O5/c1-17-4-5-18(14-24(17)30(31)32)16-29-27-23(15-28)25(19-6-10-21(33-2)11-7-19)26(35-27)20-8-12-22(34-3)13-9-20/h4-14,16H,1-3H3. The Bertz CT molecular complexity index is 1450. The largest absolute Gasteiger partial charge is 0.497 e. The van der Waals surface area contributed by atoms with E-state index in [0.29, 0.717) is 33.9 Å². The second kappa shape index (κ2) is 9.93. The molecule has 0 atom stereocenters. The number of benzene rings is 3. The van der Waals surface area contributed by atoms with Crippen molar-refractivity contribution in [3.63, 3.8) is 0 Å². The number of hydrogen-bond acceptors (Lipinski definition) is 7. The van der Waals surface area contributed by atoms with Crippen molar-refractivity contribution in [2.45, 2.75) is 6.92 Å². The number of nitro groups is 1. The van der Waals surface area contributed by atoms with Gasteiger partial charge in [-0.2, -0.15) is 5.26 Å². The molecule has 3 aromatic carbocycles. The Morgan fingerprint density at radius 2 is 1.57 bits per heavy atom. The van der Waals surface area contributed by atoms with Crippen LogP contribution in [0.15, 0.2) is 76.1 Å². The molecule has 0 aliphatic rings. The molecule has 8 heteroatoms. The van der Waals surface area contributed by atoms with Crippen LogP contribution in [0.1, 0.15) is 16.7 Å². The quantitative estimate of drug-likeness (QED) is 0.175. The van der Waals surface area contributed by atoms with E-state index in [1.165, 1.54) is 12.3 Å². The van der Waals surface area contributed by atoms with Crippen LogP contribution in [0.4, 0.5) is 11.6 Å². The molecular weight excluding hydrogens is 446 g/mol. The fourth-order valence-corrected chi connectivity index (χ4v) is 3.63. The number of methoxy groups -OCH3 is 2. The molecule has 0 amide bonds. The monoisotopic (exact) mass is 467 g/mol. The third-order valence-corrected chi connectivity index (χ3v) is 5.49. The van der Waals surface area contributed by atoms with Gasteiger partial charge in [-0.3, -0.25) is 10.1 Å². The second-order valence-electron chi connectivity index (χ2n) is 7.62. The number of aryl methyl sites for hydroxylation is 1. The lowest BCUT2D eigenvalue weighted by atomic mass is 9.98. The summed E-state index contributed by atoms with van der Waals surface area (Å²) in [4.78, 5) is 15.2. The number of furan rings is 1. The molecule has 0 aliphatic heterocycles. The van der Waals surface area contributed by atoms with E-state index < -0.39 is 4.92 Å². The molecule has 0 bridgehead atoms. The first-order chi connectivity index (χ1) is 16.9. The van der Waals surface area contributed by atoms with Crippen LogP contribution >= 0.6 is 0 Å². The first-order valence-electron chi connectivity index (χ1n) is 10.6. The van der Waals surface area contributed by atoms with E-state index in [1.54, 1.807) is 57.5 Å². The lowest BCUT2D eigenvalue weighted by Gasteiger charge is -2.06. The number of hydrogen-bond donors (Lipinski definition) is 0. The molecule has 0 fully saturated rings. The molecule has 0 radical (unpaired) electrons. The van der Waals surface area contributed by atoms with Gasteiger partial charge in [-0.15, -0.1) is 0 Å². The van der Waals surface area contributed by atoms with Gasteiger partial charge in [-0.05, 0) is 54.4 Å². The average Bonchev–Trinajstić information content (AvgIpc) is 3.26. The number of nitrogens with zero attached hydrogens (tertiary/aromatic N) is 3. The summed E-state index contributed by atoms with van der Waals surface area (Å²) in [5.41, 5.74) is 3.38. The van der Waals surface area contributed by atoms with Crippen molar-refractivity contribution >= 4 is 17.8 Å². The van der Waals surface area contributed by atoms with E-state index in [1.807, 2.05) is 24.3 Å². The smallest absolute Gasteiger partial charge is 0.272 e. The zero-order chi connectivity index (χ0) is 24.9. The van der Waals surface area contributed by atoms with Crippen LogP contribution in [0.25, 0.3) is 22.5 Å². The minimum absolute atomic E-state index is 0.00764. The van der Waals surface area contributed by atoms with Gasteiger partial charge in [-0.1, -0.05) is 24.3 Å². The Hall–Kier alpha value is -4.90. The summed E-state index contributed by atoms with van der Waals surface area (Å²) >= 11 is 0. The maximum atomic E-state index is 11.3. The Morgan fingerprint density at radius 3 is 2.11 bits per heavy atom. The van der Waals surface area contributed by atoms with Gasteiger partial charge in [0.15, 0.2) is 0 Å². The maximum absolute atomic E-state index is 11.3. The SMILES string of the molecule is COc1ccc(-c2oc(N=Cc3ccc(C)c([N+](=O)[O-])c3)c(C#N)c2-c2ccc(OC)cc2)cc1. The lowest BCUT2D eigenvalue weighted by molar-refractivity contribution is -0.385. The predicted octanol–water partition coefficient (Wildman–Crippen LogP) is 6.47. The Labute approximate surface area is 201 Å². The summed E-state index contributed by atoms with van der Waals surface area (Å²) in [5.74, 6) is 1.94. The molecule has 0 N–H and O–H groups in total. The molecule has 0 aliphatic carbocycles. The van der Waals surface area contributed by atoms with Gasteiger partial charge in [0.25, 0.3) is 5.69 Å². The summed E-state index contributed by atoms with van der Waals surface area (Å²) in [6.45, 7) is 1.67. The lowest BCUT2D eigenvalue weighted by Crippen LogP contribution is -1.93. The topological polar surface area (TPSA) is 111 Å². The minimum Gasteiger partial charge on any atom is -0.497 e. The van der Waals surface area contributed by atoms with Crippen molar-refractivity contribution < 1.29 is 18.8 Å². The van der Waals surface area contributed by atoms with Gasteiger partial charge < -0.3 is 13.9 Å². The molecule has 4 rings (SSSR count). The number of ether oxygens (including phenoxy) is 2. The highest BCUT2D eigenvalue weighted by Crippen LogP contribution is 2.43. The van der Waals surface area contributed by atoms with Crippen LogP contribution in [0.2, 0.25) is 0 Å². The van der Waals surface area contributed by atoms with Crippen LogP contribution in [-0.4, -0.2) is 25.4 Å². The van der Waals surface area contributed by atoms with E-state index in [4.69, 9.17) is 13.9 Å². The Kier molecular flexibility index (Phi) is 6.60. The van der Waals surface area contributed by atoms with E-state index in [9.17, 15) is 15.4 Å². The van der Waals surface area contributed by atoms with Gasteiger partial charge in [-0.25, -0.2) is 4.99 Å². The van der Waals surface area contributed by atoms with Crippen molar-refractivity contribution in [2.24, 2.45) is 4.99 Å². The van der Waals surface area contributed by atoms with Gasteiger partial charge in [0, 0.05) is 29.0 Å². The zero-order valence-electron chi connectivity index (χ0n) is 19.3. The number of nitriles is 1. The molecule has 4 aromatic rings. The molecule has 1 aromatic heterocycles. The summed E-state index contributed by atoms with van der Waals surface area (Å²) in [5, 5.41) is 21.3. The van der Waals surface area contributed by atoms with Crippen molar-refractivity contribution in [3.05, 3.63) is 93.5 Å². The molecule has 0 saturated heterocycles. The van der Waals surface area contributed by atoms with Crippen LogP contribution in [0, 0.1) is 28.4 Å². The molecule has 1 heterocycles. The molecule has 8 nitrogen and oxygen atoms in total. The normalized spacial score (nSPS) is 10.8. The fraction of sp³-hybridized carbons (Fsp3) is 0.111. The summed E-state index contributed by atoms with van der Waals surface area (Å²) in [6.07, 6.45) is 1.45. The minimum atomic E-state index is -0.441. The number of nitro benzene ring substituents is 1. The van der Waals surface area contributed by atoms with E-state index in [2.05, 4.69) is 11.1 Å². The molecular formula is C27H21N3O5. The number of aliphatic imine (C=N–C) groups is 1. The third-order valence-electron chi connectivity index (χ3n) is 5.49. The van der Waals surface area contributed by atoms with E-state index in [0.717, 1.165) is 11.1 Å². The van der Waals surface area contributed by atoms with Gasteiger partial charge in [0.05, 0.1) is 19.1 Å². The zero-order valence-corrected chi connectivity index (χ0v) is 19.3. The first-order valence-corrected chi connectivity index (χ1v) is 10.6. The van der Waals surface area contributed by atoms with Crippen LogP contribution < -0.4 is 9.47 Å². The summed E-state index contributed by atoms with van der Waals surface area (Å²) in [6, 6.07) is 21.6. The Morgan fingerprint density at radius 1 is 0.971 bits per heavy atom. The fourth-order valence-electron chi connectivity index (χ4n) is 3.63. The second-order valence-corrected chi connectivity index (χ2v) is 7.62. The molecule has 174 valence electrons. The molecule has 0 saturated carbocycles. The summed E-state index contributed by atoms with van der Waals surface area (Å²) < 4.78 is 16.6. The molecule has 0 spiro atoms. The molecule has 0 unspecified atom stereocenters. The van der Waals surface area contributed by atoms with E-state index in [-0.39, 0.29) is 17.1 Å². The highest BCUT2D eigenvalue weighted by Gasteiger charge is 2.23. The van der Waals surface area contributed by atoms with E-state index >= 15 is 0 Å². The predicted molar refractivity (Wildman–Crippen MR) is 132 cm³/mol. The average molecular weight is 467 g/mol. The summed E-state index contributed by atoms with van der Waals surface area (Å²) in [7, 11) is 3.17. The van der Waals surface area contributed by atoms with Crippen molar-refractivity contribution in [1.82, 2.24) is 0 Å². The van der Waals surface area contributed by atoms with Crippen molar-refractivity contribution in [3.8, 4) is 40.0 Å². The van der Waals surface area contributed by atoms with Crippen molar-refractivity contribution in [1.29, 1.82) is 5.26 Å². The highest BCUT2D eigenvalue weighted by molar-refractivity contribution is 5.90. The van der Waals surface area contributed by atoms with Crippen molar-refractivity contribution in [2.75, 3.05) is 14.2 Å². The van der Waals surface area contributed by atoms with Gasteiger partial charge in [0.1, 0.15) is 28.9 Å². The highest BCUT2D eigenvalue weighted by atomic mass is 16.6. The third kappa shape index (κ3) is 4.75. The van der Waals surface area contributed by atoms with Crippen LogP contribution in [0.5, 0.6) is 11.5 Å². The van der Waals surface area contributed by atoms with Crippen LogP contribution in [0.3, 0.4) is 0 Å². The van der Waals surface area contributed by atoms with Crippen LogP contribution in [-0.2, 0) is 0 Å². The Balaban J connectivity index is 1.85. The first kappa shape index (κ1) is 23.3. The number of rotatable bonds is 7. The maximum Gasteiger partial charge on any atom is 0.272 e. The van der Waals surface area contributed by atoms with Gasteiger partial charge >= 0.3 is 0 Å².